The number of hydrogen-bond acceptors (Lipinski definition) is 2. The van der Waals surface area contributed by atoms with Gasteiger partial charge in [-0.3, -0.25) is 4.79 Å². The predicted molar refractivity (Wildman–Crippen MR) is 83.7 cm³/mol. The maximum absolute atomic E-state index is 12.0. The molecule has 2 aliphatic rings. The highest BCUT2D eigenvalue weighted by molar-refractivity contribution is 5.81. The maximum atomic E-state index is 12.0. The normalized spacial score (nSPS) is 25.9. The summed E-state index contributed by atoms with van der Waals surface area (Å²) in [4.78, 5) is 14.3. The second-order valence-corrected chi connectivity index (χ2v) is 6.82. The van der Waals surface area contributed by atoms with Crippen LogP contribution in [0.5, 0.6) is 0 Å². The Morgan fingerprint density at radius 2 is 2.05 bits per heavy atom. The number of carboxylic acid groups (broad SMARTS) is 1. The average molecular weight is 287 g/mol. The Balaban J connectivity index is 1.92. The monoisotopic (exact) mass is 287 g/mol. The highest BCUT2D eigenvalue weighted by Crippen LogP contribution is 2.41. The van der Waals surface area contributed by atoms with Crippen molar-refractivity contribution >= 4 is 5.97 Å². The fourth-order valence-electron chi connectivity index (χ4n) is 4.08. The summed E-state index contributed by atoms with van der Waals surface area (Å²) in [6.07, 6.45) is 5.99. The van der Waals surface area contributed by atoms with E-state index < -0.39 is 11.4 Å². The van der Waals surface area contributed by atoms with E-state index in [-0.39, 0.29) is 0 Å². The number of rotatable bonds is 3. The van der Waals surface area contributed by atoms with Crippen molar-refractivity contribution in [1.29, 1.82) is 0 Å². The highest BCUT2D eigenvalue weighted by atomic mass is 16.4. The number of carbonyl (C=O) groups is 1. The number of nitrogens with zero attached hydrogens (tertiary/aromatic N) is 1. The molecule has 1 aliphatic carbocycles. The zero-order chi connectivity index (χ0) is 14.9. The largest absolute Gasteiger partial charge is 0.481 e. The van der Waals surface area contributed by atoms with Crippen molar-refractivity contribution in [3.05, 3.63) is 35.4 Å². The smallest absolute Gasteiger partial charge is 0.314 e. The number of aliphatic carboxylic acids is 1. The molecular formula is C18H25NO2. The average Bonchev–Trinajstić information content (AvgIpc) is 2.94. The van der Waals surface area contributed by atoms with Crippen molar-refractivity contribution in [3.8, 4) is 0 Å². The number of likely N-dealkylation sites (N-methyl/N-ethyl adjacent to an activating group) is 1. The quantitative estimate of drug-likeness (QED) is 0.926. The molecule has 2 fully saturated rings. The molecule has 114 valence electrons. The molecule has 3 rings (SSSR count). The molecule has 1 saturated heterocycles. The van der Waals surface area contributed by atoms with Gasteiger partial charge in [0.15, 0.2) is 0 Å². The topological polar surface area (TPSA) is 40.5 Å². The van der Waals surface area contributed by atoms with Crippen LogP contribution in [-0.2, 0) is 10.2 Å². The minimum atomic E-state index is -0.640. The Bertz CT molecular complexity index is 520. The Labute approximate surface area is 127 Å². The van der Waals surface area contributed by atoms with Crippen LogP contribution in [-0.4, -0.2) is 36.1 Å². The van der Waals surface area contributed by atoms with Crippen molar-refractivity contribution < 1.29 is 9.90 Å². The molecule has 0 amide bonds. The van der Waals surface area contributed by atoms with Crippen molar-refractivity contribution in [1.82, 2.24) is 4.90 Å². The van der Waals surface area contributed by atoms with Gasteiger partial charge in [0.1, 0.15) is 0 Å². The van der Waals surface area contributed by atoms with E-state index in [1.165, 1.54) is 18.4 Å². The van der Waals surface area contributed by atoms with Gasteiger partial charge in [0, 0.05) is 6.54 Å². The van der Waals surface area contributed by atoms with Crippen molar-refractivity contribution in [3.63, 3.8) is 0 Å². The third-order valence-corrected chi connectivity index (χ3v) is 5.42. The third-order valence-electron chi connectivity index (χ3n) is 5.42. The van der Waals surface area contributed by atoms with E-state index in [9.17, 15) is 9.90 Å². The van der Waals surface area contributed by atoms with Crippen molar-refractivity contribution in [2.45, 2.75) is 49.9 Å². The van der Waals surface area contributed by atoms with Gasteiger partial charge in [0.25, 0.3) is 0 Å². The van der Waals surface area contributed by atoms with Gasteiger partial charge in [-0.15, -0.1) is 0 Å². The standard InChI is InChI=1S/C18H25NO2/c1-19-11-8-15(13-19)14-6-5-7-16(12-14)18(17(20)21)9-3-2-4-10-18/h5-7,12,15H,2-4,8-11,13H2,1H3,(H,20,21). The lowest BCUT2D eigenvalue weighted by molar-refractivity contribution is -0.145. The van der Waals surface area contributed by atoms with E-state index in [1.54, 1.807) is 0 Å². The summed E-state index contributed by atoms with van der Waals surface area (Å²) >= 11 is 0. The minimum absolute atomic E-state index is 0.560. The van der Waals surface area contributed by atoms with Crippen molar-refractivity contribution in [2.24, 2.45) is 0 Å². The van der Waals surface area contributed by atoms with Crippen LogP contribution in [0.25, 0.3) is 0 Å². The van der Waals surface area contributed by atoms with E-state index in [0.29, 0.717) is 5.92 Å². The van der Waals surface area contributed by atoms with Crippen LogP contribution in [0.1, 0.15) is 55.6 Å². The molecule has 3 heteroatoms. The lowest BCUT2D eigenvalue weighted by Gasteiger charge is -2.34. The lowest BCUT2D eigenvalue weighted by Crippen LogP contribution is -2.37. The molecule has 3 nitrogen and oxygen atoms in total. The molecule has 1 atom stereocenters. The summed E-state index contributed by atoms with van der Waals surface area (Å²) in [5.41, 5.74) is 1.71. The Morgan fingerprint density at radius 3 is 2.67 bits per heavy atom. The fourth-order valence-corrected chi connectivity index (χ4v) is 4.08. The van der Waals surface area contributed by atoms with E-state index >= 15 is 0 Å². The minimum Gasteiger partial charge on any atom is -0.481 e. The van der Waals surface area contributed by atoms with Crippen LogP contribution >= 0.6 is 0 Å². The Hall–Kier alpha value is -1.35. The first-order chi connectivity index (χ1) is 10.1. The first-order valence-corrected chi connectivity index (χ1v) is 8.14. The van der Waals surface area contributed by atoms with E-state index in [1.807, 2.05) is 6.07 Å². The second kappa shape index (κ2) is 5.80. The van der Waals surface area contributed by atoms with Gasteiger partial charge in [-0.1, -0.05) is 43.5 Å². The SMILES string of the molecule is CN1CCC(c2cccc(C3(C(=O)O)CCCCC3)c2)C1. The first-order valence-electron chi connectivity index (χ1n) is 8.14. The highest BCUT2D eigenvalue weighted by Gasteiger charge is 2.41. The van der Waals surface area contributed by atoms with Crippen LogP contribution < -0.4 is 0 Å². The molecule has 1 aromatic carbocycles. The first kappa shape index (κ1) is 14.6. The summed E-state index contributed by atoms with van der Waals surface area (Å²) in [6, 6.07) is 8.44. The van der Waals surface area contributed by atoms with Gasteiger partial charge in [0.05, 0.1) is 5.41 Å². The van der Waals surface area contributed by atoms with Crippen LogP contribution in [0, 0.1) is 0 Å². The maximum Gasteiger partial charge on any atom is 0.314 e. The van der Waals surface area contributed by atoms with Gasteiger partial charge in [-0.25, -0.2) is 0 Å². The third kappa shape index (κ3) is 2.71. The van der Waals surface area contributed by atoms with Gasteiger partial charge in [-0.2, -0.15) is 0 Å². The molecule has 1 aromatic rings. The van der Waals surface area contributed by atoms with Gasteiger partial charge in [-0.05, 0) is 49.9 Å². The molecule has 1 saturated carbocycles. The molecule has 0 aromatic heterocycles. The fraction of sp³-hybridized carbons (Fsp3) is 0.611. The second-order valence-electron chi connectivity index (χ2n) is 6.82. The van der Waals surface area contributed by atoms with Gasteiger partial charge in [0.2, 0.25) is 0 Å². The van der Waals surface area contributed by atoms with Crippen molar-refractivity contribution in [2.75, 3.05) is 20.1 Å². The van der Waals surface area contributed by atoms with Gasteiger partial charge < -0.3 is 10.0 Å². The van der Waals surface area contributed by atoms with E-state index in [0.717, 1.165) is 44.3 Å². The zero-order valence-electron chi connectivity index (χ0n) is 12.8. The lowest BCUT2D eigenvalue weighted by atomic mass is 9.69. The summed E-state index contributed by atoms with van der Waals surface area (Å²) in [6.45, 7) is 2.22. The number of hydrogen-bond donors (Lipinski definition) is 1. The van der Waals surface area contributed by atoms with E-state index in [2.05, 4.69) is 30.1 Å². The summed E-state index contributed by atoms with van der Waals surface area (Å²) in [5, 5.41) is 9.83. The molecule has 1 unspecified atom stereocenters. The predicted octanol–water partition coefficient (Wildman–Crippen LogP) is 3.39. The molecule has 0 spiro atoms. The zero-order valence-corrected chi connectivity index (χ0v) is 12.8. The number of likely N-dealkylation sites (tertiary alicyclic amines) is 1. The summed E-state index contributed by atoms with van der Waals surface area (Å²) < 4.78 is 0. The summed E-state index contributed by atoms with van der Waals surface area (Å²) in [5.74, 6) is -0.0766. The van der Waals surface area contributed by atoms with E-state index in [4.69, 9.17) is 0 Å². The molecule has 1 heterocycles. The Kier molecular flexibility index (Phi) is 4.03. The Morgan fingerprint density at radius 1 is 1.29 bits per heavy atom. The molecule has 0 radical (unpaired) electrons. The summed E-state index contributed by atoms with van der Waals surface area (Å²) in [7, 11) is 2.16. The number of carboxylic acids is 1. The van der Waals surface area contributed by atoms with Crippen LogP contribution in [0.4, 0.5) is 0 Å². The van der Waals surface area contributed by atoms with Crippen LogP contribution in [0.15, 0.2) is 24.3 Å². The van der Waals surface area contributed by atoms with Gasteiger partial charge >= 0.3 is 5.97 Å². The molecular weight excluding hydrogens is 262 g/mol. The molecule has 1 N–H and O–H groups in total. The molecule has 21 heavy (non-hydrogen) atoms. The molecule has 0 bridgehead atoms. The van der Waals surface area contributed by atoms with Crippen LogP contribution in [0.3, 0.4) is 0 Å². The van der Waals surface area contributed by atoms with Crippen LogP contribution in [0.2, 0.25) is 0 Å². The number of benzene rings is 1. The molecule has 1 aliphatic heterocycles.